The Hall–Kier alpha value is -2.22. The Morgan fingerprint density at radius 3 is 2.45 bits per heavy atom. The number of halogens is 1. The fraction of sp³-hybridized carbons (Fsp3) is 0.476. The highest BCUT2D eigenvalue weighted by Gasteiger charge is 2.27. The molecule has 0 aliphatic carbocycles. The molecule has 1 aromatic carbocycles. The second-order valence-corrected chi connectivity index (χ2v) is 7.99. The number of carbonyl (C=O) groups is 1. The molecule has 8 heteroatoms. The summed E-state index contributed by atoms with van der Waals surface area (Å²) in [7, 11) is 0. The van der Waals surface area contributed by atoms with Crippen LogP contribution < -0.4 is 4.90 Å². The highest BCUT2D eigenvalue weighted by atomic mass is 35.5. The number of benzene rings is 1. The molecule has 154 valence electrons. The van der Waals surface area contributed by atoms with Gasteiger partial charge in [-0.05, 0) is 18.4 Å². The van der Waals surface area contributed by atoms with Crippen LogP contribution in [0.1, 0.15) is 35.0 Å². The fourth-order valence-corrected chi connectivity index (χ4v) is 4.06. The van der Waals surface area contributed by atoms with Gasteiger partial charge in [0.05, 0.1) is 17.3 Å². The number of aliphatic hydroxyl groups excluding tert-OH is 1. The zero-order valence-electron chi connectivity index (χ0n) is 16.4. The smallest absolute Gasteiger partial charge is 0.274 e. The highest BCUT2D eigenvalue weighted by Crippen LogP contribution is 2.22. The third-order valence-electron chi connectivity index (χ3n) is 5.60. The Morgan fingerprint density at radius 1 is 1.07 bits per heavy atom. The van der Waals surface area contributed by atoms with E-state index in [4.69, 9.17) is 11.6 Å². The molecule has 0 radical (unpaired) electrons. The van der Waals surface area contributed by atoms with Gasteiger partial charge in [0.2, 0.25) is 5.95 Å². The second-order valence-electron chi connectivity index (χ2n) is 7.58. The normalized spacial score (nSPS) is 18.8. The van der Waals surface area contributed by atoms with Gasteiger partial charge in [-0.25, -0.2) is 9.97 Å². The number of rotatable bonds is 5. The summed E-state index contributed by atoms with van der Waals surface area (Å²) in [5.74, 6) is 0.431. The first-order valence-corrected chi connectivity index (χ1v) is 10.5. The maximum Gasteiger partial charge on any atom is 0.274 e. The van der Waals surface area contributed by atoms with Crippen LogP contribution in [0, 0.1) is 0 Å². The van der Waals surface area contributed by atoms with E-state index >= 15 is 0 Å². The summed E-state index contributed by atoms with van der Waals surface area (Å²) in [6.07, 6.45) is 3.23. The molecular weight excluding hydrogens is 390 g/mol. The molecule has 7 nitrogen and oxygen atoms in total. The van der Waals surface area contributed by atoms with Crippen molar-refractivity contribution in [2.24, 2.45) is 0 Å². The van der Waals surface area contributed by atoms with Gasteiger partial charge in [0.15, 0.2) is 5.69 Å². The van der Waals surface area contributed by atoms with Crippen molar-refractivity contribution in [3.63, 3.8) is 0 Å². The summed E-state index contributed by atoms with van der Waals surface area (Å²) in [6.45, 7) is 4.96. The zero-order chi connectivity index (χ0) is 20.2. The van der Waals surface area contributed by atoms with Crippen LogP contribution in [0.15, 0.2) is 36.5 Å². The van der Waals surface area contributed by atoms with Crippen LogP contribution in [0.2, 0.25) is 5.02 Å². The van der Waals surface area contributed by atoms with Gasteiger partial charge in [-0.15, -0.1) is 0 Å². The number of hydrogen-bond donors (Lipinski definition) is 1. The number of amides is 1. The molecule has 1 aromatic heterocycles. The van der Waals surface area contributed by atoms with Crippen molar-refractivity contribution in [2.45, 2.75) is 18.9 Å². The van der Waals surface area contributed by atoms with E-state index in [-0.39, 0.29) is 11.6 Å². The van der Waals surface area contributed by atoms with Crippen molar-refractivity contribution < 1.29 is 9.90 Å². The first kappa shape index (κ1) is 20.1. The molecule has 2 saturated heterocycles. The number of nitrogens with zero attached hydrogens (tertiary/aromatic N) is 5. The van der Waals surface area contributed by atoms with E-state index in [0.29, 0.717) is 43.7 Å². The van der Waals surface area contributed by atoms with E-state index < -0.39 is 6.10 Å². The van der Waals surface area contributed by atoms with Crippen LogP contribution >= 0.6 is 11.6 Å². The maximum absolute atomic E-state index is 13.0. The monoisotopic (exact) mass is 415 g/mol. The molecule has 2 fully saturated rings. The Labute approximate surface area is 175 Å². The molecule has 1 atom stereocenters. The summed E-state index contributed by atoms with van der Waals surface area (Å²) in [6, 6.07) is 9.65. The summed E-state index contributed by atoms with van der Waals surface area (Å²) in [4.78, 5) is 27.8. The Morgan fingerprint density at radius 2 is 1.76 bits per heavy atom. The van der Waals surface area contributed by atoms with Gasteiger partial charge in [0.1, 0.15) is 0 Å². The molecule has 2 aliphatic heterocycles. The van der Waals surface area contributed by atoms with Crippen LogP contribution in [-0.2, 0) is 0 Å². The van der Waals surface area contributed by atoms with E-state index in [1.54, 1.807) is 4.90 Å². The molecule has 2 aliphatic rings. The summed E-state index contributed by atoms with van der Waals surface area (Å²) < 4.78 is 0. The Balaban J connectivity index is 1.36. The quantitative estimate of drug-likeness (QED) is 0.807. The molecule has 3 heterocycles. The summed E-state index contributed by atoms with van der Waals surface area (Å²) in [5.41, 5.74) is 1.19. The Kier molecular flexibility index (Phi) is 6.28. The molecule has 4 rings (SSSR count). The number of anilines is 1. The fourth-order valence-electron chi connectivity index (χ4n) is 3.89. The lowest BCUT2D eigenvalue weighted by molar-refractivity contribution is 0.0523. The minimum atomic E-state index is -0.530. The lowest BCUT2D eigenvalue weighted by Crippen LogP contribution is -2.49. The highest BCUT2D eigenvalue weighted by molar-refractivity contribution is 6.33. The van der Waals surface area contributed by atoms with Crippen molar-refractivity contribution in [3.05, 3.63) is 52.8 Å². The number of hydrogen-bond acceptors (Lipinski definition) is 6. The van der Waals surface area contributed by atoms with Crippen LogP contribution in [-0.4, -0.2) is 76.6 Å². The van der Waals surface area contributed by atoms with Crippen molar-refractivity contribution in [1.82, 2.24) is 19.8 Å². The molecular formula is C21H26ClN5O2. The second kappa shape index (κ2) is 9.07. The average molecular weight is 416 g/mol. The van der Waals surface area contributed by atoms with E-state index in [0.717, 1.165) is 31.5 Å². The van der Waals surface area contributed by atoms with E-state index in [1.165, 1.54) is 6.20 Å². The molecule has 0 saturated carbocycles. The van der Waals surface area contributed by atoms with Gasteiger partial charge in [0.25, 0.3) is 5.91 Å². The zero-order valence-corrected chi connectivity index (χ0v) is 17.1. The standard InChI is InChI=1S/C21H26ClN5O2/c22-17-14-23-21(27-8-4-5-9-27)24-19(17)20(29)26-12-10-25(11-13-26)15-18(28)16-6-2-1-3-7-16/h1-3,6-7,14,18,28H,4-5,8-13,15H2. The van der Waals surface area contributed by atoms with Crippen molar-refractivity contribution in [2.75, 3.05) is 50.7 Å². The molecule has 0 spiro atoms. The van der Waals surface area contributed by atoms with Crippen LogP contribution in [0.25, 0.3) is 0 Å². The summed E-state index contributed by atoms with van der Waals surface area (Å²) in [5, 5.41) is 10.7. The molecule has 2 aromatic rings. The van der Waals surface area contributed by atoms with Gasteiger partial charge >= 0.3 is 0 Å². The van der Waals surface area contributed by atoms with Crippen molar-refractivity contribution in [3.8, 4) is 0 Å². The average Bonchev–Trinajstić information content (AvgIpc) is 3.30. The summed E-state index contributed by atoms with van der Waals surface area (Å²) >= 11 is 6.25. The number of aliphatic hydroxyl groups is 1. The Bertz CT molecular complexity index is 836. The molecule has 1 amide bonds. The van der Waals surface area contributed by atoms with Gasteiger partial charge in [-0.1, -0.05) is 41.9 Å². The van der Waals surface area contributed by atoms with Crippen LogP contribution in [0.4, 0.5) is 5.95 Å². The first-order valence-electron chi connectivity index (χ1n) is 10.1. The van der Waals surface area contributed by atoms with Gasteiger partial charge in [0, 0.05) is 45.8 Å². The van der Waals surface area contributed by atoms with Crippen LogP contribution in [0.5, 0.6) is 0 Å². The molecule has 1 unspecified atom stereocenters. The first-order chi connectivity index (χ1) is 14.1. The minimum Gasteiger partial charge on any atom is -0.387 e. The van der Waals surface area contributed by atoms with Gasteiger partial charge in [-0.2, -0.15) is 0 Å². The number of aromatic nitrogens is 2. The number of β-amino-alcohol motifs (C(OH)–C–C–N with tert-alkyl or cyclic N) is 1. The molecule has 1 N–H and O–H groups in total. The van der Waals surface area contributed by atoms with E-state index in [2.05, 4.69) is 19.8 Å². The topological polar surface area (TPSA) is 72.8 Å². The van der Waals surface area contributed by atoms with Crippen LogP contribution in [0.3, 0.4) is 0 Å². The van der Waals surface area contributed by atoms with Gasteiger partial charge < -0.3 is 14.9 Å². The third kappa shape index (κ3) is 4.69. The number of piperazine rings is 1. The van der Waals surface area contributed by atoms with E-state index in [1.807, 2.05) is 30.3 Å². The van der Waals surface area contributed by atoms with Gasteiger partial charge in [-0.3, -0.25) is 9.69 Å². The van der Waals surface area contributed by atoms with Crippen molar-refractivity contribution >= 4 is 23.5 Å². The molecule has 29 heavy (non-hydrogen) atoms. The third-order valence-corrected chi connectivity index (χ3v) is 5.87. The predicted molar refractivity (Wildman–Crippen MR) is 112 cm³/mol. The molecule has 0 bridgehead atoms. The maximum atomic E-state index is 13.0. The van der Waals surface area contributed by atoms with Crippen molar-refractivity contribution in [1.29, 1.82) is 0 Å². The lowest BCUT2D eigenvalue weighted by atomic mass is 10.1. The minimum absolute atomic E-state index is 0.152. The SMILES string of the molecule is O=C(c1nc(N2CCCC2)ncc1Cl)N1CCN(CC(O)c2ccccc2)CC1. The lowest BCUT2D eigenvalue weighted by Gasteiger charge is -2.35. The van der Waals surface area contributed by atoms with E-state index in [9.17, 15) is 9.90 Å². The largest absolute Gasteiger partial charge is 0.387 e. The predicted octanol–water partition coefficient (Wildman–Crippen LogP) is 2.22. The number of carbonyl (C=O) groups excluding carboxylic acids is 1.